The number of nitrogens with zero attached hydrogens (tertiary/aromatic N) is 4. The number of fused-ring (bicyclic) bond motifs is 1. The molecule has 0 amide bonds. The van der Waals surface area contributed by atoms with Gasteiger partial charge in [-0.1, -0.05) is 0 Å². The van der Waals surface area contributed by atoms with E-state index in [0.29, 0.717) is 41.2 Å². The minimum absolute atomic E-state index is 0.128. The highest BCUT2D eigenvalue weighted by Crippen LogP contribution is 2.64. The summed E-state index contributed by atoms with van der Waals surface area (Å²) < 4.78 is 47.5. The lowest BCUT2D eigenvalue weighted by Crippen LogP contribution is -2.42. The summed E-state index contributed by atoms with van der Waals surface area (Å²) >= 11 is 0. The van der Waals surface area contributed by atoms with Crippen LogP contribution in [-0.4, -0.2) is 52.0 Å². The number of ether oxygens (including phenoxy) is 1. The monoisotopic (exact) mass is 463 g/mol. The van der Waals surface area contributed by atoms with Crippen LogP contribution in [0.3, 0.4) is 0 Å². The van der Waals surface area contributed by atoms with E-state index in [1.807, 2.05) is 10.7 Å². The molecule has 2 saturated carbocycles. The van der Waals surface area contributed by atoms with Crippen LogP contribution < -0.4 is 5.73 Å². The Kier molecular flexibility index (Phi) is 5.68. The second-order valence-electron chi connectivity index (χ2n) is 10.1. The lowest BCUT2D eigenvalue weighted by molar-refractivity contribution is -0.137. The molecule has 3 fully saturated rings. The molecule has 4 atom stereocenters. The molecule has 33 heavy (non-hydrogen) atoms. The van der Waals surface area contributed by atoms with Crippen molar-refractivity contribution in [3.05, 3.63) is 29.6 Å². The summed E-state index contributed by atoms with van der Waals surface area (Å²) in [5.41, 5.74) is 6.58. The van der Waals surface area contributed by atoms with E-state index >= 15 is 0 Å². The number of nitrogens with two attached hydrogens (primary N) is 1. The summed E-state index contributed by atoms with van der Waals surface area (Å²) in [6.07, 6.45) is 1.81. The summed E-state index contributed by atoms with van der Waals surface area (Å²) in [5.74, 6) is 1.19. The number of pyridine rings is 1. The minimum Gasteiger partial charge on any atom is -0.383 e. The fourth-order valence-electron chi connectivity index (χ4n) is 6.08. The van der Waals surface area contributed by atoms with E-state index < -0.39 is 17.6 Å². The van der Waals surface area contributed by atoms with Crippen LogP contribution >= 0.6 is 0 Å². The van der Waals surface area contributed by atoms with Crippen molar-refractivity contribution in [2.75, 3.05) is 25.9 Å². The second-order valence-corrected chi connectivity index (χ2v) is 10.1. The summed E-state index contributed by atoms with van der Waals surface area (Å²) in [6.45, 7) is 6.33. The third-order valence-corrected chi connectivity index (χ3v) is 7.86. The van der Waals surface area contributed by atoms with Gasteiger partial charge in [-0.2, -0.15) is 18.3 Å². The largest absolute Gasteiger partial charge is 0.419 e. The lowest BCUT2D eigenvalue weighted by Gasteiger charge is -2.36. The highest BCUT2D eigenvalue weighted by atomic mass is 19.4. The van der Waals surface area contributed by atoms with Gasteiger partial charge in [0.1, 0.15) is 5.82 Å². The van der Waals surface area contributed by atoms with Crippen LogP contribution in [0.15, 0.2) is 18.3 Å². The third-order valence-electron chi connectivity index (χ3n) is 7.86. The molecule has 9 heteroatoms. The predicted molar refractivity (Wildman–Crippen MR) is 120 cm³/mol. The number of methoxy groups -OCH3 is 1. The molecule has 0 unspecified atom stereocenters. The quantitative estimate of drug-likeness (QED) is 0.694. The van der Waals surface area contributed by atoms with Crippen molar-refractivity contribution in [3.8, 4) is 11.3 Å². The van der Waals surface area contributed by atoms with Crippen molar-refractivity contribution in [2.24, 2.45) is 11.8 Å². The first-order valence-corrected chi connectivity index (χ1v) is 11.9. The third kappa shape index (κ3) is 4.14. The number of hydrogen-bond acceptors (Lipinski definition) is 5. The number of alkyl halides is 3. The van der Waals surface area contributed by atoms with Gasteiger partial charge in [-0.05, 0) is 63.5 Å². The molecule has 0 radical (unpaired) electrons. The fraction of sp³-hybridized carbons (Fsp3) is 0.667. The summed E-state index contributed by atoms with van der Waals surface area (Å²) in [7, 11) is 1.80. The maximum atomic E-state index is 13.3. The van der Waals surface area contributed by atoms with Crippen molar-refractivity contribution < 1.29 is 17.9 Å². The Morgan fingerprint density at radius 3 is 2.36 bits per heavy atom. The van der Waals surface area contributed by atoms with E-state index in [9.17, 15) is 13.2 Å². The zero-order valence-corrected chi connectivity index (χ0v) is 19.3. The smallest absolute Gasteiger partial charge is 0.383 e. The van der Waals surface area contributed by atoms with Crippen LogP contribution in [0.4, 0.5) is 19.0 Å². The Morgan fingerprint density at radius 1 is 1.12 bits per heavy atom. The van der Waals surface area contributed by atoms with Gasteiger partial charge in [-0.15, -0.1) is 0 Å². The molecule has 2 aromatic rings. The Bertz CT molecular complexity index is 1000. The highest BCUT2D eigenvalue weighted by Gasteiger charge is 2.58. The van der Waals surface area contributed by atoms with Crippen LogP contribution in [-0.2, 0) is 10.9 Å². The number of likely N-dealkylation sites (tertiary alicyclic amines) is 1. The number of rotatable bonds is 5. The number of nitrogen functional groups attached to an aromatic ring is 1. The average Bonchev–Trinajstić information content (AvgIpc) is 3.13. The molecule has 180 valence electrons. The van der Waals surface area contributed by atoms with Gasteiger partial charge in [0.05, 0.1) is 17.4 Å². The van der Waals surface area contributed by atoms with E-state index in [0.717, 1.165) is 37.7 Å². The maximum Gasteiger partial charge on any atom is 0.419 e. The summed E-state index contributed by atoms with van der Waals surface area (Å²) in [6, 6.07) is 3.80. The van der Waals surface area contributed by atoms with Crippen molar-refractivity contribution in [1.29, 1.82) is 0 Å². The Morgan fingerprint density at radius 2 is 1.79 bits per heavy atom. The topological polar surface area (TPSA) is 69.2 Å². The normalized spacial score (nSPS) is 28.5. The van der Waals surface area contributed by atoms with Crippen molar-refractivity contribution in [2.45, 2.75) is 69.8 Å². The molecule has 0 aromatic carbocycles. The van der Waals surface area contributed by atoms with Crippen LogP contribution in [0.1, 0.15) is 62.7 Å². The molecule has 0 spiro atoms. The molecule has 2 aliphatic carbocycles. The van der Waals surface area contributed by atoms with Gasteiger partial charge in [0.2, 0.25) is 0 Å². The maximum absolute atomic E-state index is 13.3. The first-order valence-electron chi connectivity index (χ1n) is 11.9. The van der Waals surface area contributed by atoms with E-state index in [-0.39, 0.29) is 6.04 Å². The fourth-order valence-corrected chi connectivity index (χ4v) is 6.08. The molecule has 1 aliphatic heterocycles. The lowest BCUT2D eigenvalue weighted by atomic mass is 9.99. The predicted octanol–water partition coefficient (Wildman–Crippen LogP) is 4.73. The van der Waals surface area contributed by atoms with Gasteiger partial charge in [0, 0.05) is 55.7 Å². The molecule has 6 nitrogen and oxygen atoms in total. The molecular formula is C24H32F3N5O. The van der Waals surface area contributed by atoms with Gasteiger partial charge in [0.25, 0.3) is 0 Å². The van der Waals surface area contributed by atoms with Gasteiger partial charge in [-0.3, -0.25) is 4.68 Å². The average molecular weight is 464 g/mol. The van der Waals surface area contributed by atoms with Gasteiger partial charge >= 0.3 is 6.18 Å². The minimum atomic E-state index is -4.54. The number of halogens is 3. The first kappa shape index (κ1) is 22.7. The molecular weight excluding hydrogens is 431 g/mol. The van der Waals surface area contributed by atoms with E-state index in [1.54, 1.807) is 7.11 Å². The second kappa shape index (κ2) is 8.27. The van der Waals surface area contributed by atoms with Crippen molar-refractivity contribution >= 4 is 5.82 Å². The van der Waals surface area contributed by atoms with E-state index in [1.165, 1.54) is 19.0 Å². The summed E-state index contributed by atoms with van der Waals surface area (Å²) in [4.78, 5) is 6.42. The Hall–Kier alpha value is -2.13. The summed E-state index contributed by atoms with van der Waals surface area (Å²) in [5, 5.41) is 4.69. The van der Waals surface area contributed by atoms with Gasteiger partial charge < -0.3 is 15.4 Å². The highest BCUT2D eigenvalue weighted by molar-refractivity contribution is 5.63. The van der Waals surface area contributed by atoms with E-state index in [2.05, 4.69) is 23.7 Å². The van der Waals surface area contributed by atoms with Crippen molar-refractivity contribution in [3.63, 3.8) is 0 Å². The van der Waals surface area contributed by atoms with Crippen molar-refractivity contribution in [1.82, 2.24) is 19.7 Å². The Labute approximate surface area is 192 Å². The zero-order chi connectivity index (χ0) is 23.5. The number of anilines is 1. The molecule has 5 rings (SSSR count). The van der Waals surface area contributed by atoms with Crippen LogP contribution in [0.5, 0.6) is 0 Å². The number of aromatic nitrogens is 3. The number of piperidine rings is 1. The van der Waals surface area contributed by atoms with Gasteiger partial charge in [0.15, 0.2) is 0 Å². The first-order chi connectivity index (χ1) is 15.7. The molecule has 3 heterocycles. The van der Waals surface area contributed by atoms with E-state index in [4.69, 9.17) is 15.6 Å². The zero-order valence-electron chi connectivity index (χ0n) is 19.3. The van der Waals surface area contributed by atoms with Crippen LogP contribution in [0.25, 0.3) is 11.3 Å². The molecule has 2 aromatic heterocycles. The Balaban J connectivity index is 1.33. The van der Waals surface area contributed by atoms with Gasteiger partial charge in [-0.25, -0.2) is 4.98 Å². The SMILES string of the molecule is COC1CCN([C@@H]2C[C@@H]3[C@H](C2)[C@H]3c2cc(-c3cnc(N)c(C(F)(F)F)c3)nn2C(C)C)CC1. The van der Waals surface area contributed by atoms with Crippen LogP contribution in [0.2, 0.25) is 0 Å². The molecule has 1 saturated heterocycles. The molecule has 2 N–H and O–H groups in total. The molecule has 3 aliphatic rings. The van der Waals surface area contributed by atoms with Crippen LogP contribution in [0, 0.1) is 11.8 Å². The molecule has 0 bridgehead atoms. The number of hydrogen-bond donors (Lipinski definition) is 1. The standard InChI is InChI=1S/C24H32F3N5O/c1-13(2)32-21(11-20(30-32)14-8-19(24(25,26)27)23(28)29-12-14)22-17-9-15(10-18(17)22)31-6-4-16(33-3)5-7-31/h8,11-13,15-18,22H,4-7,9-10H2,1-3H3,(H2,28,29)/t15-,17-,18+,22+.